The van der Waals surface area contributed by atoms with Gasteiger partial charge in [0.2, 0.25) is 5.95 Å². The molecule has 3 aromatic rings. The zero-order valence-electron chi connectivity index (χ0n) is 26.4. The maximum absolute atomic E-state index is 14.5. The molecule has 2 unspecified atom stereocenters. The van der Waals surface area contributed by atoms with E-state index in [1.165, 1.54) is 30.3 Å². The van der Waals surface area contributed by atoms with Gasteiger partial charge in [0.05, 0.1) is 12.8 Å². The van der Waals surface area contributed by atoms with Crippen molar-refractivity contribution in [1.82, 2.24) is 9.97 Å². The number of hydrogen-bond donors (Lipinski definition) is 0. The Labute approximate surface area is 261 Å². The second kappa shape index (κ2) is 13.7. The van der Waals surface area contributed by atoms with Crippen LogP contribution in [0, 0.1) is 24.7 Å². The molecule has 2 fully saturated rings. The molecule has 5 nitrogen and oxygen atoms in total. The largest absolute Gasteiger partial charge is 0.494 e. The molecule has 43 heavy (non-hydrogen) atoms. The molecule has 1 aromatic carbocycles. The van der Waals surface area contributed by atoms with Crippen molar-refractivity contribution >= 4 is 29.2 Å². The van der Waals surface area contributed by atoms with E-state index in [9.17, 15) is 4.39 Å². The van der Waals surface area contributed by atoms with Crippen molar-refractivity contribution < 1.29 is 9.13 Å². The lowest BCUT2D eigenvalue weighted by atomic mass is 9.87. The van der Waals surface area contributed by atoms with Crippen LogP contribution in [0.25, 0.3) is 11.3 Å². The normalized spacial score (nSPS) is 17.0. The molecular weight excluding hydrogens is 559 g/mol. The van der Waals surface area contributed by atoms with Gasteiger partial charge in [-0.3, -0.25) is 15.0 Å². The number of aromatic nitrogens is 2. The predicted molar refractivity (Wildman–Crippen MR) is 176 cm³/mol. The number of aryl methyl sites for hydroxylation is 1. The van der Waals surface area contributed by atoms with Crippen LogP contribution in [0.3, 0.4) is 0 Å². The van der Waals surface area contributed by atoms with Crippen molar-refractivity contribution in [2.24, 2.45) is 21.8 Å². The maximum atomic E-state index is 14.5. The lowest BCUT2D eigenvalue weighted by molar-refractivity contribution is 0.416. The smallest absolute Gasteiger partial charge is 0.232 e. The zero-order chi connectivity index (χ0) is 30.7. The van der Waals surface area contributed by atoms with E-state index in [1.807, 2.05) is 12.3 Å². The molecule has 228 valence electrons. The monoisotopic (exact) mass is 602 g/mol. The molecular formula is C36H44ClFN4O. The molecule has 0 spiro atoms. The van der Waals surface area contributed by atoms with Crippen molar-refractivity contribution in [2.45, 2.75) is 91.4 Å². The van der Waals surface area contributed by atoms with Crippen molar-refractivity contribution in [3.8, 4) is 17.0 Å². The first-order chi connectivity index (χ1) is 20.8. The summed E-state index contributed by atoms with van der Waals surface area (Å²) in [5, 5.41) is 0.0261. The predicted octanol–water partition coefficient (Wildman–Crippen LogP) is 9.83. The molecule has 7 heteroatoms. The number of aliphatic imine (C=N–C) groups is 2. The van der Waals surface area contributed by atoms with Crippen LogP contribution < -0.4 is 4.74 Å². The third-order valence-corrected chi connectivity index (χ3v) is 9.42. The minimum Gasteiger partial charge on any atom is -0.494 e. The van der Waals surface area contributed by atoms with E-state index in [0.29, 0.717) is 29.9 Å². The number of pyridine rings is 2. The average Bonchev–Trinajstić information content (AvgIpc) is 3.94. The van der Waals surface area contributed by atoms with Gasteiger partial charge in [-0.2, -0.15) is 4.39 Å². The summed E-state index contributed by atoms with van der Waals surface area (Å²) in [5.74, 6) is 1.79. The van der Waals surface area contributed by atoms with Gasteiger partial charge in [-0.1, -0.05) is 39.3 Å². The maximum Gasteiger partial charge on any atom is 0.232 e. The summed E-state index contributed by atoms with van der Waals surface area (Å²) in [7, 11) is 1.71. The van der Waals surface area contributed by atoms with Gasteiger partial charge in [-0.25, -0.2) is 4.98 Å². The van der Waals surface area contributed by atoms with Crippen LogP contribution >= 0.6 is 11.6 Å². The van der Waals surface area contributed by atoms with Crippen LogP contribution in [0.15, 0.2) is 40.4 Å². The minimum atomic E-state index is -0.664. The molecule has 0 bridgehead atoms. The fourth-order valence-electron chi connectivity index (χ4n) is 6.08. The highest BCUT2D eigenvalue weighted by Gasteiger charge is 2.34. The summed E-state index contributed by atoms with van der Waals surface area (Å²) >= 11 is 6.46. The second-order valence-electron chi connectivity index (χ2n) is 12.1. The molecule has 0 aliphatic heterocycles. The highest BCUT2D eigenvalue weighted by Crippen LogP contribution is 2.45. The van der Waals surface area contributed by atoms with Crippen molar-refractivity contribution in [3.63, 3.8) is 0 Å². The Morgan fingerprint density at radius 2 is 1.93 bits per heavy atom. The summed E-state index contributed by atoms with van der Waals surface area (Å²) in [6, 6.07) is 8.24. The number of benzene rings is 1. The number of nitrogens with zero attached hydrogens (tertiary/aromatic N) is 4. The minimum absolute atomic E-state index is 0.0261. The fraction of sp³-hybridized carbons (Fsp3) is 0.500. The van der Waals surface area contributed by atoms with E-state index < -0.39 is 5.95 Å². The lowest BCUT2D eigenvalue weighted by Gasteiger charge is -2.23. The molecule has 2 atom stereocenters. The standard InChI is InChI=1S/C36H44ClFN4O/c1-7-21(4)28-18-31(42-35(26(28)8-2)27-14-15-40-36(38)33(27)37)29(24-10-11-24)20-39-19-23-16-22(5)34(32(17-23)43-6)41-30(9-3)25-12-13-25/h14-19,21,24-25,29H,7-13,20H2,1-6H3. The first kappa shape index (κ1) is 31.3. The number of hydrogen-bond acceptors (Lipinski definition) is 5. The molecule has 2 heterocycles. The van der Waals surface area contributed by atoms with Crippen LogP contribution in [-0.2, 0) is 6.42 Å². The lowest BCUT2D eigenvalue weighted by Crippen LogP contribution is -2.13. The van der Waals surface area contributed by atoms with Crippen molar-refractivity contribution in [1.29, 1.82) is 0 Å². The van der Waals surface area contributed by atoms with Crippen LogP contribution in [0.4, 0.5) is 10.1 Å². The van der Waals surface area contributed by atoms with Gasteiger partial charge in [-0.15, -0.1) is 0 Å². The molecule has 2 aliphatic carbocycles. The molecule has 5 rings (SSSR count). The van der Waals surface area contributed by atoms with Gasteiger partial charge in [-0.05, 0) is 116 Å². The van der Waals surface area contributed by atoms with E-state index in [1.54, 1.807) is 13.2 Å². The van der Waals surface area contributed by atoms with Gasteiger partial charge in [0.15, 0.2) is 0 Å². The summed E-state index contributed by atoms with van der Waals surface area (Å²) in [5.41, 5.74) is 9.07. The average molecular weight is 603 g/mol. The van der Waals surface area contributed by atoms with Gasteiger partial charge in [0.25, 0.3) is 0 Å². The van der Waals surface area contributed by atoms with E-state index >= 15 is 0 Å². The topological polar surface area (TPSA) is 59.7 Å². The number of rotatable bonds is 13. The Kier molecular flexibility index (Phi) is 9.95. The molecule has 0 radical (unpaired) electrons. The molecule has 0 N–H and O–H groups in total. The first-order valence-electron chi connectivity index (χ1n) is 15.9. The van der Waals surface area contributed by atoms with Gasteiger partial charge >= 0.3 is 0 Å². The molecule has 0 saturated heterocycles. The van der Waals surface area contributed by atoms with E-state index in [4.69, 9.17) is 31.3 Å². The van der Waals surface area contributed by atoms with Crippen LogP contribution in [0.5, 0.6) is 5.75 Å². The molecule has 2 aromatic heterocycles. The van der Waals surface area contributed by atoms with E-state index in [-0.39, 0.29) is 10.9 Å². The summed E-state index contributed by atoms with van der Waals surface area (Å²) < 4.78 is 20.2. The Bertz CT molecular complexity index is 1530. The second-order valence-corrected chi connectivity index (χ2v) is 12.5. The molecule has 0 amide bonds. The first-order valence-corrected chi connectivity index (χ1v) is 16.3. The number of ether oxygens (including phenoxy) is 1. The molecule has 2 aliphatic rings. The van der Waals surface area contributed by atoms with Crippen molar-refractivity contribution in [3.05, 3.63) is 69.4 Å². The Morgan fingerprint density at radius 1 is 1.16 bits per heavy atom. The van der Waals surface area contributed by atoms with Gasteiger partial charge < -0.3 is 4.74 Å². The Hall–Kier alpha value is -3.12. The number of halogens is 2. The summed E-state index contributed by atoms with van der Waals surface area (Å²) in [4.78, 5) is 18.9. The number of methoxy groups -OCH3 is 1. The van der Waals surface area contributed by atoms with Gasteiger partial charge in [0, 0.05) is 41.8 Å². The van der Waals surface area contributed by atoms with Crippen LogP contribution in [-0.4, -0.2) is 35.5 Å². The summed E-state index contributed by atoms with van der Waals surface area (Å²) in [6.07, 6.45) is 11.0. The SMILES string of the molecule is CCC(=Nc1c(C)cc(C=NCC(c2cc(C(C)CC)c(CC)c(-c3ccnc(F)c3Cl)n2)C2CC2)cc1OC)C1CC1. The van der Waals surface area contributed by atoms with Gasteiger partial charge in [0.1, 0.15) is 16.5 Å². The van der Waals surface area contributed by atoms with Crippen LogP contribution in [0.1, 0.15) is 106 Å². The highest BCUT2D eigenvalue weighted by atomic mass is 35.5. The zero-order valence-corrected chi connectivity index (χ0v) is 27.1. The quantitative estimate of drug-likeness (QED) is 0.144. The fourth-order valence-corrected chi connectivity index (χ4v) is 6.28. The van der Waals surface area contributed by atoms with Crippen molar-refractivity contribution in [2.75, 3.05) is 13.7 Å². The Morgan fingerprint density at radius 3 is 2.56 bits per heavy atom. The van der Waals surface area contributed by atoms with Crippen LogP contribution in [0.2, 0.25) is 5.02 Å². The summed E-state index contributed by atoms with van der Waals surface area (Å²) in [6.45, 7) is 11.5. The third kappa shape index (κ3) is 7.01. The molecule has 2 saturated carbocycles. The Balaban J connectivity index is 1.48. The van der Waals surface area contributed by atoms with E-state index in [0.717, 1.165) is 71.6 Å². The third-order valence-electron chi connectivity index (χ3n) is 9.06. The van der Waals surface area contributed by atoms with E-state index in [2.05, 4.69) is 51.7 Å². The highest BCUT2D eigenvalue weighted by molar-refractivity contribution is 6.33.